The van der Waals surface area contributed by atoms with Crippen LogP contribution in [0.3, 0.4) is 0 Å². The van der Waals surface area contributed by atoms with Crippen molar-refractivity contribution >= 4 is 6.16 Å². The number of ether oxygens (including phenoxy) is 1. The molecule has 0 aliphatic heterocycles. The van der Waals surface area contributed by atoms with E-state index in [1.165, 1.54) is 56.9 Å². The SMILES string of the molecule is CCCCC[C@H]1CC[C@H](c2ccc(-c3ccc(OC(=O)O)cc3)cc2)CC1. The second-order valence-electron chi connectivity index (χ2n) is 7.73. The Labute approximate surface area is 162 Å². The van der Waals surface area contributed by atoms with Crippen molar-refractivity contribution in [1.29, 1.82) is 0 Å². The van der Waals surface area contributed by atoms with Gasteiger partial charge < -0.3 is 9.84 Å². The van der Waals surface area contributed by atoms with Crippen LogP contribution in [0.25, 0.3) is 11.1 Å². The van der Waals surface area contributed by atoms with Crippen molar-refractivity contribution in [3.05, 3.63) is 54.1 Å². The van der Waals surface area contributed by atoms with Crippen molar-refractivity contribution in [3.63, 3.8) is 0 Å². The number of hydrogen-bond acceptors (Lipinski definition) is 2. The molecule has 3 rings (SSSR count). The average Bonchev–Trinajstić information content (AvgIpc) is 2.69. The number of unbranched alkanes of at least 4 members (excludes halogenated alkanes) is 2. The predicted octanol–water partition coefficient (Wildman–Crippen LogP) is 7.26. The standard InChI is InChI=1S/C24H30O3/c1-2-3-4-5-18-6-8-19(9-7-18)20-10-12-21(13-11-20)22-14-16-23(17-15-22)27-24(25)26/h10-19H,2-9H2,1H3,(H,25,26)/t18-,19-. The monoisotopic (exact) mass is 366 g/mol. The Kier molecular flexibility index (Phi) is 6.92. The van der Waals surface area contributed by atoms with Gasteiger partial charge in [0, 0.05) is 0 Å². The number of carboxylic acid groups (broad SMARTS) is 1. The summed E-state index contributed by atoms with van der Waals surface area (Å²) in [5.41, 5.74) is 3.67. The lowest BCUT2D eigenvalue weighted by Gasteiger charge is -2.29. The highest BCUT2D eigenvalue weighted by molar-refractivity contribution is 5.66. The van der Waals surface area contributed by atoms with Gasteiger partial charge in [-0.1, -0.05) is 69.0 Å². The minimum atomic E-state index is -1.29. The van der Waals surface area contributed by atoms with E-state index >= 15 is 0 Å². The molecule has 0 spiro atoms. The Hall–Kier alpha value is -2.29. The zero-order chi connectivity index (χ0) is 19.1. The highest BCUT2D eigenvalue weighted by Crippen LogP contribution is 2.38. The van der Waals surface area contributed by atoms with Gasteiger partial charge in [0.05, 0.1) is 0 Å². The minimum absolute atomic E-state index is 0.346. The number of rotatable bonds is 7. The maximum Gasteiger partial charge on any atom is 0.511 e. The summed E-state index contributed by atoms with van der Waals surface area (Å²) >= 11 is 0. The molecule has 0 heterocycles. The van der Waals surface area contributed by atoms with Crippen LogP contribution in [-0.4, -0.2) is 11.3 Å². The van der Waals surface area contributed by atoms with Crippen LogP contribution in [0.4, 0.5) is 4.79 Å². The highest BCUT2D eigenvalue weighted by atomic mass is 16.7. The first-order valence-electron chi connectivity index (χ1n) is 10.3. The molecular weight excluding hydrogens is 336 g/mol. The third kappa shape index (κ3) is 5.59. The molecule has 144 valence electrons. The molecule has 1 N–H and O–H groups in total. The fraction of sp³-hybridized carbons (Fsp3) is 0.458. The molecule has 1 aliphatic rings. The van der Waals surface area contributed by atoms with E-state index in [0.29, 0.717) is 11.7 Å². The van der Waals surface area contributed by atoms with Gasteiger partial charge in [-0.3, -0.25) is 0 Å². The van der Waals surface area contributed by atoms with Crippen LogP contribution in [0.2, 0.25) is 0 Å². The fourth-order valence-corrected chi connectivity index (χ4v) is 4.23. The molecule has 3 heteroatoms. The van der Waals surface area contributed by atoms with E-state index < -0.39 is 6.16 Å². The van der Waals surface area contributed by atoms with E-state index in [0.717, 1.165) is 17.0 Å². The molecule has 27 heavy (non-hydrogen) atoms. The topological polar surface area (TPSA) is 46.5 Å². The van der Waals surface area contributed by atoms with E-state index in [2.05, 4.69) is 35.9 Å². The van der Waals surface area contributed by atoms with Crippen LogP contribution >= 0.6 is 0 Å². The molecule has 0 bridgehead atoms. The lowest BCUT2D eigenvalue weighted by molar-refractivity contribution is 0.144. The van der Waals surface area contributed by atoms with Crippen molar-refractivity contribution in [2.45, 2.75) is 64.2 Å². The first-order chi connectivity index (χ1) is 13.2. The van der Waals surface area contributed by atoms with Crippen molar-refractivity contribution in [1.82, 2.24) is 0 Å². The Morgan fingerprint density at radius 2 is 1.52 bits per heavy atom. The summed E-state index contributed by atoms with van der Waals surface area (Å²) in [5, 5.41) is 8.66. The molecule has 3 nitrogen and oxygen atoms in total. The van der Waals surface area contributed by atoms with Gasteiger partial charge in [-0.15, -0.1) is 0 Å². The largest absolute Gasteiger partial charge is 0.511 e. The number of benzene rings is 2. The summed E-state index contributed by atoms with van der Waals surface area (Å²) in [6, 6.07) is 16.1. The molecule has 1 saturated carbocycles. The third-order valence-electron chi connectivity index (χ3n) is 5.84. The summed E-state index contributed by atoms with van der Waals surface area (Å²) in [7, 11) is 0. The second kappa shape index (κ2) is 9.59. The first-order valence-corrected chi connectivity index (χ1v) is 10.3. The van der Waals surface area contributed by atoms with Gasteiger partial charge in [0.15, 0.2) is 0 Å². The molecule has 0 atom stereocenters. The Morgan fingerprint density at radius 3 is 2.07 bits per heavy atom. The van der Waals surface area contributed by atoms with Gasteiger partial charge in [-0.05, 0) is 66.3 Å². The van der Waals surface area contributed by atoms with Crippen LogP contribution in [0, 0.1) is 5.92 Å². The van der Waals surface area contributed by atoms with E-state index in [1.54, 1.807) is 12.1 Å². The number of hydrogen-bond donors (Lipinski definition) is 1. The van der Waals surface area contributed by atoms with Crippen molar-refractivity contribution in [2.75, 3.05) is 0 Å². The zero-order valence-corrected chi connectivity index (χ0v) is 16.2. The smallest absolute Gasteiger partial charge is 0.449 e. The summed E-state index contributed by atoms with van der Waals surface area (Å²) in [6.45, 7) is 2.28. The Bertz CT molecular complexity index is 710. The lowest BCUT2D eigenvalue weighted by atomic mass is 9.77. The van der Waals surface area contributed by atoms with Gasteiger partial charge in [0.25, 0.3) is 0 Å². The molecule has 2 aromatic carbocycles. The summed E-state index contributed by atoms with van der Waals surface area (Å²) in [6.07, 6.45) is 9.61. The average molecular weight is 367 g/mol. The van der Waals surface area contributed by atoms with Gasteiger partial charge >= 0.3 is 6.16 Å². The van der Waals surface area contributed by atoms with Crippen molar-refractivity contribution in [3.8, 4) is 16.9 Å². The van der Waals surface area contributed by atoms with Crippen LogP contribution in [-0.2, 0) is 0 Å². The predicted molar refractivity (Wildman–Crippen MR) is 109 cm³/mol. The summed E-state index contributed by atoms with van der Waals surface area (Å²) < 4.78 is 4.66. The first kappa shape index (κ1) is 19.5. The zero-order valence-electron chi connectivity index (χ0n) is 16.2. The van der Waals surface area contributed by atoms with Gasteiger partial charge in [-0.25, -0.2) is 4.79 Å². The molecule has 0 amide bonds. The van der Waals surface area contributed by atoms with Crippen LogP contribution in [0.5, 0.6) is 5.75 Å². The second-order valence-corrected chi connectivity index (χ2v) is 7.73. The van der Waals surface area contributed by atoms with E-state index in [4.69, 9.17) is 5.11 Å². The quantitative estimate of drug-likeness (QED) is 0.318. The molecule has 0 aromatic heterocycles. The lowest BCUT2D eigenvalue weighted by Crippen LogP contribution is -2.13. The summed E-state index contributed by atoms with van der Waals surface area (Å²) in [5.74, 6) is 1.99. The van der Waals surface area contributed by atoms with Gasteiger partial charge in [0.2, 0.25) is 0 Å². The summed E-state index contributed by atoms with van der Waals surface area (Å²) in [4.78, 5) is 10.6. The van der Waals surface area contributed by atoms with Crippen LogP contribution in [0.1, 0.15) is 69.8 Å². The highest BCUT2D eigenvalue weighted by Gasteiger charge is 2.22. The molecule has 0 radical (unpaired) electrons. The van der Waals surface area contributed by atoms with Gasteiger partial charge in [0.1, 0.15) is 5.75 Å². The number of carbonyl (C=O) groups is 1. The molecule has 2 aromatic rings. The van der Waals surface area contributed by atoms with E-state index in [1.807, 2.05) is 12.1 Å². The molecule has 0 unspecified atom stereocenters. The fourth-order valence-electron chi connectivity index (χ4n) is 4.23. The van der Waals surface area contributed by atoms with Gasteiger partial charge in [-0.2, -0.15) is 0 Å². The minimum Gasteiger partial charge on any atom is -0.449 e. The van der Waals surface area contributed by atoms with Crippen LogP contribution in [0.15, 0.2) is 48.5 Å². The maximum atomic E-state index is 10.6. The molecular formula is C24H30O3. The van der Waals surface area contributed by atoms with Crippen molar-refractivity contribution < 1.29 is 14.6 Å². The Balaban J connectivity index is 1.55. The van der Waals surface area contributed by atoms with E-state index in [9.17, 15) is 4.79 Å². The Morgan fingerprint density at radius 1 is 0.926 bits per heavy atom. The molecule has 1 fully saturated rings. The normalized spacial score (nSPS) is 19.6. The molecule has 0 saturated heterocycles. The van der Waals surface area contributed by atoms with E-state index in [-0.39, 0.29) is 0 Å². The molecule has 1 aliphatic carbocycles. The maximum absolute atomic E-state index is 10.6. The van der Waals surface area contributed by atoms with Crippen molar-refractivity contribution in [2.24, 2.45) is 5.92 Å². The van der Waals surface area contributed by atoms with Crippen LogP contribution < -0.4 is 4.74 Å². The third-order valence-corrected chi connectivity index (χ3v) is 5.84.